The van der Waals surface area contributed by atoms with Crippen molar-refractivity contribution in [3.63, 3.8) is 0 Å². The minimum atomic E-state index is -0.820. The van der Waals surface area contributed by atoms with Gasteiger partial charge in [0.2, 0.25) is 0 Å². The molecule has 5 aromatic rings. The topological polar surface area (TPSA) is 32.7 Å². The molecule has 2 aliphatic rings. The van der Waals surface area contributed by atoms with Crippen LogP contribution >= 0.6 is 7.92 Å². The summed E-state index contributed by atoms with van der Waals surface area (Å²) in [6.45, 7) is 0.583. The molecule has 0 radical (unpaired) electrons. The number of fused-ring (bicyclic) bond motifs is 1. The molecule has 0 saturated carbocycles. The highest BCUT2D eigenvalue weighted by Gasteiger charge is 2.59. The van der Waals surface area contributed by atoms with Gasteiger partial charge >= 0.3 is 0 Å². The van der Waals surface area contributed by atoms with Gasteiger partial charge in [0.25, 0.3) is 0 Å². The van der Waals surface area contributed by atoms with Crippen molar-refractivity contribution < 1.29 is 9.84 Å². The van der Waals surface area contributed by atoms with Crippen LogP contribution in [0.25, 0.3) is 0 Å². The van der Waals surface area contributed by atoms with E-state index in [9.17, 15) is 5.11 Å². The van der Waals surface area contributed by atoms with E-state index in [0.717, 1.165) is 11.1 Å². The van der Waals surface area contributed by atoms with E-state index in [4.69, 9.17) is 4.74 Å². The molecule has 3 nitrogen and oxygen atoms in total. The van der Waals surface area contributed by atoms with Crippen molar-refractivity contribution in [1.82, 2.24) is 4.90 Å². The largest absolute Gasteiger partial charge is 0.392 e. The van der Waals surface area contributed by atoms with Crippen molar-refractivity contribution in [2.75, 3.05) is 6.54 Å². The first kappa shape index (κ1) is 25.4. The molecule has 0 unspecified atom stereocenters. The van der Waals surface area contributed by atoms with Crippen molar-refractivity contribution in [3.05, 3.63) is 162 Å². The van der Waals surface area contributed by atoms with Gasteiger partial charge in [0.1, 0.15) is 11.8 Å². The Morgan fingerprint density at radius 3 is 1.65 bits per heavy atom. The SMILES string of the molecule is O[C@H]1C[C@@H]2N(C1)[C@@H](c1ccccc1P(c1ccccc1)c1ccccc1)OC2(c1ccccc1)c1ccccc1. The Morgan fingerprint density at radius 2 is 1.10 bits per heavy atom. The van der Waals surface area contributed by atoms with Crippen LogP contribution in [0.4, 0.5) is 0 Å². The van der Waals surface area contributed by atoms with Crippen LogP contribution in [0.5, 0.6) is 0 Å². The predicted molar refractivity (Wildman–Crippen MR) is 164 cm³/mol. The second kappa shape index (κ2) is 10.8. The highest BCUT2D eigenvalue weighted by molar-refractivity contribution is 7.79. The molecule has 40 heavy (non-hydrogen) atoms. The van der Waals surface area contributed by atoms with E-state index in [0.29, 0.717) is 13.0 Å². The van der Waals surface area contributed by atoms with Crippen molar-refractivity contribution in [2.45, 2.75) is 30.4 Å². The number of aliphatic hydroxyl groups is 1. The lowest BCUT2D eigenvalue weighted by Gasteiger charge is -2.35. The molecule has 5 aromatic carbocycles. The Morgan fingerprint density at radius 1 is 0.625 bits per heavy atom. The average molecular weight is 542 g/mol. The van der Waals surface area contributed by atoms with E-state index >= 15 is 0 Å². The van der Waals surface area contributed by atoms with E-state index in [1.165, 1.54) is 21.5 Å². The molecule has 0 aliphatic carbocycles. The summed E-state index contributed by atoms with van der Waals surface area (Å²) in [6.07, 6.45) is -0.0366. The number of rotatable bonds is 6. The Hall–Kier alpha value is -3.59. The maximum Gasteiger partial charge on any atom is 0.139 e. The minimum Gasteiger partial charge on any atom is -0.392 e. The molecular weight excluding hydrogens is 509 g/mol. The molecule has 0 amide bonds. The van der Waals surface area contributed by atoms with Gasteiger partial charge in [0, 0.05) is 12.1 Å². The summed E-state index contributed by atoms with van der Waals surface area (Å²) >= 11 is 0. The maximum atomic E-state index is 11.1. The van der Waals surface area contributed by atoms with Crippen molar-refractivity contribution >= 4 is 23.8 Å². The van der Waals surface area contributed by atoms with Gasteiger partial charge in [-0.25, -0.2) is 0 Å². The van der Waals surface area contributed by atoms with Gasteiger partial charge < -0.3 is 9.84 Å². The molecule has 2 saturated heterocycles. The van der Waals surface area contributed by atoms with Crippen LogP contribution in [-0.4, -0.2) is 28.7 Å². The number of ether oxygens (including phenoxy) is 1. The quantitative estimate of drug-likeness (QED) is 0.274. The number of nitrogens with zero attached hydrogens (tertiary/aromatic N) is 1. The standard InChI is InChI=1S/C36H32NO2P/c38-29-25-34-36(27-15-5-1-6-16-27,28-17-7-2-8-18-28)39-35(37(34)26-29)32-23-13-14-24-33(32)40(30-19-9-3-10-20-30)31-21-11-4-12-22-31/h1-24,29,34-35,38H,25-26H2/t29-,34-,35+/m0/s1. The molecular formula is C36H32NO2P. The lowest BCUT2D eigenvalue weighted by molar-refractivity contribution is -0.0538. The van der Waals surface area contributed by atoms with Crippen LogP contribution in [0.3, 0.4) is 0 Å². The number of benzene rings is 5. The minimum absolute atomic E-state index is 0.00466. The van der Waals surface area contributed by atoms with E-state index in [2.05, 4.69) is 150 Å². The second-order valence-electron chi connectivity index (χ2n) is 10.6. The molecule has 7 rings (SSSR count). The third-order valence-corrected chi connectivity index (χ3v) is 10.8. The van der Waals surface area contributed by atoms with E-state index < -0.39 is 19.6 Å². The fraction of sp³-hybridized carbons (Fsp3) is 0.167. The van der Waals surface area contributed by atoms with Gasteiger partial charge in [0.05, 0.1) is 12.1 Å². The molecule has 0 spiro atoms. The van der Waals surface area contributed by atoms with Crippen LogP contribution in [0, 0.1) is 0 Å². The zero-order valence-electron chi connectivity index (χ0n) is 22.3. The smallest absolute Gasteiger partial charge is 0.139 e. The van der Waals surface area contributed by atoms with Gasteiger partial charge in [-0.2, -0.15) is 0 Å². The fourth-order valence-corrected chi connectivity index (χ4v) is 9.08. The van der Waals surface area contributed by atoms with E-state index in [1.54, 1.807) is 0 Å². The number of aliphatic hydroxyl groups excluding tert-OH is 1. The molecule has 198 valence electrons. The Balaban J connectivity index is 1.42. The molecule has 3 atom stereocenters. The van der Waals surface area contributed by atoms with Gasteiger partial charge in [-0.3, -0.25) is 4.90 Å². The molecule has 0 bridgehead atoms. The fourth-order valence-electron chi connectivity index (χ4n) is 6.60. The monoisotopic (exact) mass is 541 g/mol. The molecule has 2 fully saturated rings. The summed E-state index contributed by atoms with van der Waals surface area (Å²) in [7, 11) is -0.820. The van der Waals surface area contributed by atoms with Crippen molar-refractivity contribution in [3.8, 4) is 0 Å². The Bertz CT molecular complexity index is 1480. The lowest BCUT2D eigenvalue weighted by Crippen LogP contribution is -2.40. The predicted octanol–water partition coefficient (Wildman–Crippen LogP) is 5.85. The maximum absolute atomic E-state index is 11.1. The van der Waals surface area contributed by atoms with Crippen LogP contribution < -0.4 is 15.9 Å². The summed E-state index contributed by atoms with van der Waals surface area (Å²) in [5.41, 5.74) is 2.73. The first-order valence-corrected chi connectivity index (χ1v) is 15.3. The highest BCUT2D eigenvalue weighted by Crippen LogP contribution is 2.55. The first-order chi connectivity index (χ1) is 19.8. The second-order valence-corrected chi connectivity index (χ2v) is 12.8. The summed E-state index contributed by atoms with van der Waals surface area (Å²) in [5, 5.41) is 15.0. The third-order valence-electron chi connectivity index (χ3n) is 8.26. The highest BCUT2D eigenvalue weighted by atomic mass is 31.1. The van der Waals surface area contributed by atoms with Gasteiger partial charge in [0.15, 0.2) is 0 Å². The average Bonchev–Trinajstić information content (AvgIpc) is 3.56. The van der Waals surface area contributed by atoms with Gasteiger partial charge in [-0.05, 0) is 41.4 Å². The molecule has 2 aliphatic heterocycles. The normalized spacial score (nSPS) is 21.9. The summed E-state index contributed by atoms with van der Waals surface area (Å²) in [5.74, 6) is 0. The Kier molecular flexibility index (Phi) is 6.83. The third kappa shape index (κ3) is 4.31. The summed E-state index contributed by atoms with van der Waals surface area (Å²) in [6, 6.07) is 51.6. The summed E-state index contributed by atoms with van der Waals surface area (Å²) in [4.78, 5) is 2.41. The van der Waals surface area contributed by atoms with Gasteiger partial charge in [-0.1, -0.05) is 146 Å². The number of hydrogen-bond acceptors (Lipinski definition) is 3. The van der Waals surface area contributed by atoms with Crippen LogP contribution in [0.2, 0.25) is 0 Å². The van der Waals surface area contributed by atoms with Crippen LogP contribution in [-0.2, 0) is 10.3 Å². The summed E-state index contributed by atoms with van der Waals surface area (Å²) < 4.78 is 7.41. The van der Waals surface area contributed by atoms with Crippen molar-refractivity contribution in [1.29, 1.82) is 0 Å². The molecule has 0 aromatic heterocycles. The number of hydrogen-bond donors (Lipinski definition) is 1. The zero-order valence-corrected chi connectivity index (χ0v) is 23.1. The molecule has 1 N–H and O–H groups in total. The van der Waals surface area contributed by atoms with Crippen molar-refractivity contribution in [2.24, 2.45) is 0 Å². The van der Waals surface area contributed by atoms with Gasteiger partial charge in [-0.15, -0.1) is 0 Å². The zero-order chi connectivity index (χ0) is 26.9. The molecule has 4 heteroatoms. The molecule has 2 heterocycles. The van der Waals surface area contributed by atoms with Crippen LogP contribution in [0.15, 0.2) is 146 Å². The Labute approximate surface area is 237 Å². The first-order valence-electron chi connectivity index (χ1n) is 14.0. The van der Waals surface area contributed by atoms with E-state index in [-0.39, 0.29) is 12.3 Å². The lowest BCUT2D eigenvalue weighted by atomic mass is 9.79. The van der Waals surface area contributed by atoms with E-state index in [1.807, 2.05) is 0 Å². The van der Waals surface area contributed by atoms with Crippen LogP contribution in [0.1, 0.15) is 29.3 Å².